The standard InChI is InChI=1S/C13H18N2O4S2/c16-13(14-7-1-2-9-19-14)11-5-3-8-15(11)21(17,18)12-6-4-10-20-12/h4,6,10-11H,1-3,5,7-9H2. The van der Waals surface area contributed by atoms with Gasteiger partial charge in [-0.15, -0.1) is 11.3 Å². The first kappa shape index (κ1) is 15.0. The van der Waals surface area contributed by atoms with Gasteiger partial charge >= 0.3 is 0 Å². The number of hydroxylamine groups is 2. The zero-order chi connectivity index (χ0) is 14.9. The number of nitrogens with zero attached hydrogens (tertiary/aromatic N) is 2. The molecule has 1 unspecified atom stereocenters. The van der Waals surface area contributed by atoms with E-state index in [1.54, 1.807) is 17.5 Å². The molecule has 0 saturated carbocycles. The maximum atomic E-state index is 12.6. The Kier molecular flexibility index (Phi) is 4.30. The maximum Gasteiger partial charge on any atom is 0.264 e. The first-order chi connectivity index (χ1) is 10.1. The zero-order valence-electron chi connectivity index (χ0n) is 11.6. The van der Waals surface area contributed by atoms with Gasteiger partial charge in [-0.25, -0.2) is 13.5 Å². The molecule has 1 atom stereocenters. The second-order valence-electron chi connectivity index (χ2n) is 5.19. The van der Waals surface area contributed by atoms with E-state index < -0.39 is 16.1 Å². The lowest BCUT2D eigenvalue weighted by Crippen LogP contribution is -2.48. The van der Waals surface area contributed by atoms with Crippen molar-refractivity contribution < 1.29 is 18.0 Å². The van der Waals surface area contributed by atoms with E-state index in [1.165, 1.54) is 20.7 Å². The number of hydrogen-bond donors (Lipinski definition) is 0. The molecule has 0 aliphatic carbocycles. The first-order valence-corrected chi connectivity index (χ1v) is 9.42. The van der Waals surface area contributed by atoms with Crippen molar-refractivity contribution in [2.24, 2.45) is 0 Å². The molecule has 2 fully saturated rings. The van der Waals surface area contributed by atoms with Crippen LogP contribution in [0.15, 0.2) is 21.7 Å². The third-order valence-electron chi connectivity index (χ3n) is 3.80. The van der Waals surface area contributed by atoms with Crippen LogP contribution < -0.4 is 0 Å². The summed E-state index contributed by atoms with van der Waals surface area (Å²) in [4.78, 5) is 17.9. The van der Waals surface area contributed by atoms with E-state index in [4.69, 9.17) is 4.84 Å². The number of thiophene rings is 1. The molecule has 1 aromatic heterocycles. The minimum absolute atomic E-state index is 0.229. The first-order valence-electron chi connectivity index (χ1n) is 7.10. The van der Waals surface area contributed by atoms with Gasteiger partial charge in [0.05, 0.1) is 6.61 Å². The van der Waals surface area contributed by atoms with Crippen LogP contribution in [-0.2, 0) is 19.7 Å². The molecule has 116 valence electrons. The number of sulfonamides is 1. The van der Waals surface area contributed by atoms with E-state index in [9.17, 15) is 13.2 Å². The summed E-state index contributed by atoms with van der Waals surface area (Å²) in [7, 11) is -3.58. The quantitative estimate of drug-likeness (QED) is 0.841. The van der Waals surface area contributed by atoms with E-state index in [1.807, 2.05) is 0 Å². The lowest BCUT2D eigenvalue weighted by molar-refractivity contribution is -0.200. The number of rotatable bonds is 3. The van der Waals surface area contributed by atoms with Crippen molar-refractivity contribution in [3.8, 4) is 0 Å². The van der Waals surface area contributed by atoms with Gasteiger partial charge in [0.2, 0.25) is 0 Å². The SMILES string of the molecule is O=C(C1CCCN1S(=O)(=O)c1cccs1)N1CCCCO1. The van der Waals surface area contributed by atoms with E-state index in [-0.39, 0.29) is 5.91 Å². The van der Waals surface area contributed by atoms with Crippen molar-refractivity contribution in [1.82, 2.24) is 9.37 Å². The Labute approximate surface area is 128 Å². The van der Waals surface area contributed by atoms with Crippen molar-refractivity contribution in [1.29, 1.82) is 0 Å². The highest BCUT2D eigenvalue weighted by Crippen LogP contribution is 2.29. The van der Waals surface area contributed by atoms with Gasteiger partial charge in [0.1, 0.15) is 10.3 Å². The van der Waals surface area contributed by atoms with Crippen LogP contribution >= 0.6 is 11.3 Å². The number of amides is 1. The zero-order valence-corrected chi connectivity index (χ0v) is 13.2. The molecule has 0 N–H and O–H groups in total. The Morgan fingerprint density at radius 3 is 2.81 bits per heavy atom. The molecule has 1 amide bonds. The monoisotopic (exact) mass is 330 g/mol. The van der Waals surface area contributed by atoms with Crippen LogP contribution in [0.1, 0.15) is 25.7 Å². The fourth-order valence-corrected chi connectivity index (χ4v) is 5.51. The predicted molar refractivity (Wildman–Crippen MR) is 78.1 cm³/mol. The smallest absolute Gasteiger partial charge is 0.264 e. The summed E-state index contributed by atoms with van der Waals surface area (Å²) in [5.74, 6) is -0.229. The molecule has 8 heteroatoms. The van der Waals surface area contributed by atoms with Gasteiger partial charge in [-0.2, -0.15) is 4.31 Å². The van der Waals surface area contributed by atoms with Crippen molar-refractivity contribution in [3.05, 3.63) is 17.5 Å². The Hall–Kier alpha value is -0.960. The number of carbonyl (C=O) groups is 1. The molecule has 2 saturated heterocycles. The van der Waals surface area contributed by atoms with E-state index >= 15 is 0 Å². The van der Waals surface area contributed by atoms with Crippen molar-refractivity contribution in [2.75, 3.05) is 19.7 Å². The Morgan fingerprint density at radius 1 is 1.29 bits per heavy atom. The summed E-state index contributed by atoms with van der Waals surface area (Å²) in [6.45, 7) is 1.46. The van der Waals surface area contributed by atoms with Gasteiger partial charge in [-0.1, -0.05) is 6.07 Å². The molecule has 21 heavy (non-hydrogen) atoms. The van der Waals surface area contributed by atoms with Gasteiger partial charge < -0.3 is 0 Å². The molecule has 0 bridgehead atoms. The van der Waals surface area contributed by atoms with E-state index in [0.29, 0.717) is 36.7 Å². The summed E-state index contributed by atoms with van der Waals surface area (Å²) in [5.41, 5.74) is 0. The van der Waals surface area contributed by atoms with Crippen LogP contribution in [0.3, 0.4) is 0 Å². The highest BCUT2D eigenvalue weighted by molar-refractivity contribution is 7.91. The molecule has 2 aliphatic rings. The Balaban J connectivity index is 1.81. The fraction of sp³-hybridized carbons (Fsp3) is 0.615. The van der Waals surface area contributed by atoms with Gasteiger partial charge in [-0.3, -0.25) is 9.63 Å². The van der Waals surface area contributed by atoms with E-state index in [2.05, 4.69) is 0 Å². The third kappa shape index (κ3) is 2.85. The molecule has 0 spiro atoms. The summed E-state index contributed by atoms with van der Waals surface area (Å²) >= 11 is 1.18. The van der Waals surface area contributed by atoms with Crippen molar-refractivity contribution in [2.45, 2.75) is 35.9 Å². The lowest BCUT2D eigenvalue weighted by atomic mass is 10.2. The second-order valence-corrected chi connectivity index (χ2v) is 8.25. The summed E-state index contributed by atoms with van der Waals surface area (Å²) in [6, 6.07) is 2.66. The molecular formula is C13H18N2O4S2. The Bertz CT molecular complexity index is 594. The molecule has 3 rings (SSSR count). The van der Waals surface area contributed by atoms with Gasteiger partial charge in [0, 0.05) is 13.1 Å². The number of carbonyl (C=O) groups excluding carboxylic acids is 1. The summed E-state index contributed by atoms with van der Waals surface area (Å²) in [6.07, 6.45) is 3.10. The molecule has 0 aromatic carbocycles. The topological polar surface area (TPSA) is 66.9 Å². The number of hydrogen-bond acceptors (Lipinski definition) is 5. The van der Waals surface area contributed by atoms with Crippen molar-refractivity contribution in [3.63, 3.8) is 0 Å². The maximum absolute atomic E-state index is 12.6. The molecule has 0 radical (unpaired) electrons. The van der Waals surface area contributed by atoms with Gasteiger partial charge in [0.25, 0.3) is 15.9 Å². The predicted octanol–water partition coefficient (Wildman–Crippen LogP) is 1.46. The van der Waals surface area contributed by atoms with Crippen LogP contribution in [0.4, 0.5) is 0 Å². The van der Waals surface area contributed by atoms with Crippen molar-refractivity contribution >= 4 is 27.3 Å². The molecule has 2 aliphatic heterocycles. The summed E-state index contributed by atoms with van der Waals surface area (Å²) in [5, 5.41) is 3.07. The van der Waals surface area contributed by atoms with E-state index in [0.717, 1.165) is 12.8 Å². The fourth-order valence-electron chi connectivity index (χ4n) is 2.74. The second kappa shape index (κ2) is 6.04. The van der Waals surface area contributed by atoms with Crippen LogP contribution in [0.25, 0.3) is 0 Å². The molecule has 6 nitrogen and oxygen atoms in total. The average Bonchev–Trinajstić information content (AvgIpc) is 3.19. The largest absolute Gasteiger partial charge is 0.271 e. The summed E-state index contributed by atoms with van der Waals surface area (Å²) < 4.78 is 26.9. The molecule has 3 heterocycles. The van der Waals surface area contributed by atoms with Crippen LogP contribution in [0, 0.1) is 0 Å². The highest BCUT2D eigenvalue weighted by atomic mass is 32.2. The highest BCUT2D eigenvalue weighted by Gasteiger charge is 2.42. The van der Waals surface area contributed by atoms with Gasteiger partial charge in [-0.05, 0) is 37.1 Å². The molecule has 1 aromatic rings. The Morgan fingerprint density at radius 2 is 2.14 bits per heavy atom. The minimum atomic E-state index is -3.58. The lowest BCUT2D eigenvalue weighted by Gasteiger charge is -2.31. The third-order valence-corrected chi connectivity index (χ3v) is 7.08. The molecular weight excluding hydrogens is 312 g/mol. The van der Waals surface area contributed by atoms with Gasteiger partial charge in [0.15, 0.2) is 0 Å². The van der Waals surface area contributed by atoms with Crippen LogP contribution in [0.2, 0.25) is 0 Å². The average molecular weight is 330 g/mol. The van der Waals surface area contributed by atoms with Crippen LogP contribution in [-0.4, -0.2) is 49.4 Å². The normalized spacial score (nSPS) is 24.4. The minimum Gasteiger partial charge on any atom is -0.271 e. The van der Waals surface area contributed by atoms with Crippen LogP contribution in [0.5, 0.6) is 0 Å².